The van der Waals surface area contributed by atoms with Crippen LogP contribution < -0.4 is 9.47 Å². The molecule has 0 fully saturated rings. The van der Waals surface area contributed by atoms with Gasteiger partial charge in [0, 0.05) is 11.1 Å². The summed E-state index contributed by atoms with van der Waals surface area (Å²) in [5.41, 5.74) is 6.39. The van der Waals surface area contributed by atoms with Crippen LogP contribution in [0, 0.1) is 13.8 Å². The Bertz CT molecular complexity index is 1220. The lowest BCUT2D eigenvalue weighted by molar-refractivity contribution is -0.164. The van der Waals surface area contributed by atoms with Crippen molar-refractivity contribution < 1.29 is 23.7 Å². The SMILES string of the molecule is COC(=O)C(OC(C)(C)C)c1c(C)ccc(OCc2ccccc2)c1-c1ccc2c(c1C)CCCO2. The zero-order valence-corrected chi connectivity index (χ0v) is 22.1. The van der Waals surface area contributed by atoms with Crippen molar-refractivity contribution in [1.29, 1.82) is 0 Å². The fourth-order valence-electron chi connectivity index (χ4n) is 4.74. The zero-order chi connectivity index (χ0) is 25.9. The van der Waals surface area contributed by atoms with Gasteiger partial charge in [-0.2, -0.15) is 0 Å². The van der Waals surface area contributed by atoms with Gasteiger partial charge in [0.15, 0.2) is 6.10 Å². The first kappa shape index (κ1) is 25.8. The summed E-state index contributed by atoms with van der Waals surface area (Å²) in [6.07, 6.45) is 1.03. The number of methoxy groups -OCH3 is 1. The van der Waals surface area contributed by atoms with E-state index in [2.05, 4.69) is 13.0 Å². The Labute approximate surface area is 214 Å². The van der Waals surface area contributed by atoms with E-state index < -0.39 is 17.7 Å². The molecular weight excluding hydrogens is 452 g/mol. The quantitative estimate of drug-likeness (QED) is 0.339. The van der Waals surface area contributed by atoms with E-state index in [-0.39, 0.29) is 0 Å². The number of aryl methyl sites for hydroxylation is 1. The van der Waals surface area contributed by atoms with E-state index in [1.165, 1.54) is 12.7 Å². The zero-order valence-electron chi connectivity index (χ0n) is 22.1. The van der Waals surface area contributed by atoms with Gasteiger partial charge in [-0.1, -0.05) is 42.5 Å². The molecule has 1 heterocycles. The van der Waals surface area contributed by atoms with E-state index in [4.69, 9.17) is 18.9 Å². The van der Waals surface area contributed by atoms with Gasteiger partial charge >= 0.3 is 5.97 Å². The highest BCUT2D eigenvalue weighted by molar-refractivity contribution is 5.86. The minimum absolute atomic E-state index is 0.409. The molecule has 1 atom stereocenters. The van der Waals surface area contributed by atoms with Gasteiger partial charge in [-0.05, 0) is 87.4 Å². The lowest BCUT2D eigenvalue weighted by atomic mass is 9.86. The number of rotatable bonds is 7. The Balaban J connectivity index is 1.93. The van der Waals surface area contributed by atoms with Gasteiger partial charge in [0.25, 0.3) is 0 Å². The molecule has 0 N–H and O–H groups in total. The third kappa shape index (κ3) is 5.57. The molecule has 0 spiro atoms. The fourth-order valence-corrected chi connectivity index (χ4v) is 4.74. The molecule has 1 aliphatic heterocycles. The maximum Gasteiger partial charge on any atom is 0.339 e. The smallest absolute Gasteiger partial charge is 0.339 e. The second-order valence-corrected chi connectivity index (χ2v) is 10.2. The number of benzene rings is 3. The normalized spacial score (nSPS) is 13.9. The number of carbonyl (C=O) groups is 1. The van der Waals surface area contributed by atoms with Crippen molar-refractivity contribution in [2.75, 3.05) is 13.7 Å². The third-order valence-corrected chi connectivity index (χ3v) is 6.46. The third-order valence-electron chi connectivity index (χ3n) is 6.46. The second-order valence-electron chi connectivity index (χ2n) is 10.2. The van der Waals surface area contributed by atoms with Crippen molar-refractivity contribution in [3.8, 4) is 22.6 Å². The molecule has 3 aromatic rings. The summed E-state index contributed by atoms with van der Waals surface area (Å²) in [5.74, 6) is 1.19. The van der Waals surface area contributed by atoms with Crippen LogP contribution in [-0.2, 0) is 27.3 Å². The summed E-state index contributed by atoms with van der Waals surface area (Å²) in [5, 5.41) is 0. The lowest BCUT2D eigenvalue weighted by Gasteiger charge is -2.30. The van der Waals surface area contributed by atoms with E-state index in [0.29, 0.717) is 12.4 Å². The standard InChI is InChI=1S/C31H36O5/c1-20-14-16-26(35-19-22-11-8-7-9-12-22)28(27(20)29(30(32)33-6)36-31(3,4)5)24-15-17-25-23(21(24)2)13-10-18-34-25/h7-9,11-12,14-17,29H,10,13,18-19H2,1-6H3. The first-order valence-corrected chi connectivity index (χ1v) is 12.5. The highest BCUT2D eigenvalue weighted by Gasteiger charge is 2.34. The van der Waals surface area contributed by atoms with Crippen LogP contribution in [-0.4, -0.2) is 25.3 Å². The van der Waals surface area contributed by atoms with Gasteiger partial charge in [-0.3, -0.25) is 0 Å². The van der Waals surface area contributed by atoms with Crippen LogP contribution in [0.3, 0.4) is 0 Å². The van der Waals surface area contributed by atoms with Crippen molar-refractivity contribution >= 4 is 5.97 Å². The molecule has 0 radical (unpaired) electrons. The molecule has 3 aromatic carbocycles. The molecular formula is C31H36O5. The summed E-state index contributed by atoms with van der Waals surface area (Å²) in [6.45, 7) is 11.1. The summed E-state index contributed by atoms with van der Waals surface area (Å²) < 4.78 is 23.9. The predicted octanol–water partition coefficient (Wildman–Crippen LogP) is 6.90. The lowest BCUT2D eigenvalue weighted by Crippen LogP contribution is -2.29. The van der Waals surface area contributed by atoms with Gasteiger partial charge < -0.3 is 18.9 Å². The first-order chi connectivity index (χ1) is 17.2. The molecule has 0 saturated heterocycles. The molecule has 36 heavy (non-hydrogen) atoms. The minimum atomic E-state index is -0.906. The van der Waals surface area contributed by atoms with Crippen LogP contribution in [0.4, 0.5) is 0 Å². The molecule has 1 aliphatic rings. The fraction of sp³-hybridized carbons (Fsp3) is 0.387. The van der Waals surface area contributed by atoms with Gasteiger partial charge in [-0.25, -0.2) is 4.79 Å². The monoisotopic (exact) mass is 488 g/mol. The summed E-state index contributed by atoms with van der Waals surface area (Å²) in [4.78, 5) is 13.1. The van der Waals surface area contributed by atoms with E-state index in [1.807, 2.05) is 76.2 Å². The Morgan fingerprint density at radius 3 is 2.47 bits per heavy atom. The molecule has 5 heteroatoms. The highest BCUT2D eigenvalue weighted by Crippen LogP contribution is 2.45. The summed E-state index contributed by atoms with van der Waals surface area (Å²) in [7, 11) is 1.40. The topological polar surface area (TPSA) is 54.0 Å². The highest BCUT2D eigenvalue weighted by atomic mass is 16.6. The molecule has 0 bridgehead atoms. The van der Waals surface area contributed by atoms with E-state index >= 15 is 0 Å². The van der Waals surface area contributed by atoms with Crippen molar-refractivity contribution in [3.05, 3.63) is 82.4 Å². The Kier molecular flexibility index (Phi) is 7.70. The maximum atomic E-state index is 13.1. The van der Waals surface area contributed by atoms with Crippen LogP contribution in [0.2, 0.25) is 0 Å². The van der Waals surface area contributed by atoms with E-state index in [0.717, 1.165) is 58.6 Å². The predicted molar refractivity (Wildman–Crippen MR) is 142 cm³/mol. The van der Waals surface area contributed by atoms with Crippen LogP contribution >= 0.6 is 0 Å². The number of ether oxygens (including phenoxy) is 4. The molecule has 190 valence electrons. The number of hydrogen-bond acceptors (Lipinski definition) is 5. The van der Waals surface area contributed by atoms with Gasteiger partial charge in [0.05, 0.1) is 19.3 Å². The van der Waals surface area contributed by atoms with E-state index in [9.17, 15) is 4.79 Å². The summed E-state index contributed by atoms with van der Waals surface area (Å²) >= 11 is 0. The van der Waals surface area contributed by atoms with Crippen molar-refractivity contribution in [2.24, 2.45) is 0 Å². The Morgan fingerprint density at radius 2 is 1.78 bits per heavy atom. The summed E-state index contributed by atoms with van der Waals surface area (Å²) in [6, 6.07) is 18.1. The molecule has 0 aliphatic carbocycles. The number of fused-ring (bicyclic) bond motifs is 1. The van der Waals surface area contributed by atoms with Crippen LogP contribution in [0.5, 0.6) is 11.5 Å². The van der Waals surface area contributed by atoms with Crippen LogP contribution in [0.15, 0.2) is 54.6 Å². The van der Waals surface area contributed by atoms with Crippen LogP contribution in [0.25, 0.3) is 11.1 Å². The average molecular weight is 489 g/mol. The molecule has 0 saturated carbocycles. The van der Waals surface area contributed by atoms with Crippen molar-refractivity contribution in [3.63, 3.8) is 0 Å². The number of esters is 1. The van der Waals surface area contributed by atoms with Gasteiger partial charge in [0.2, 0.25) is 0 Å². The Morgan fingerprint density at radius 1 is 1.03 bits per heavy atom. The molecule has 0 aromatic heterocycles. The number of carbonyl (C=O) groups excluding carboxylic acids is 1. The number of hydrogen-bond donors (Lipinski definition) is 0. The van der Waals surface area contributed by atoms with Gasteiger partial charge in [-0.15, -0.1) is 0 Å². The second kappa shape index (κ2) is 10.8. The van der Waals surface area contributed by atoms with Crippen molar-refractivity contribution in [2.45, 2.75) is 65.8 Å². The Hall–Kier alpha value is -3.31. The molecule has 1 unspecified atom stereocenters. The van der Waals surface area contributed by atoms with Crippen molar-refractivity contribution in [1.82, 2.24) is 0 Å². The first-order valence-electron chi connectivity index (χ1n) is 12.5. The maximum absolute atomic E-state index is 13.1. The molecule has 4 rings (SSSR count). The minimum Gasteiger partial charge on any atom is -0.493 e. The molecule has 5 nitrogen and oxygen atoms in total. The van der Waals surface area contributed by atoms with Gasteiger partial charge in [0.1, 0.15) is 18.1 Å². The molecule has 0 amide bonds. The largest absolute Gasteiger partial charge is 0.493 e. The van der Waals surface area contributed by atoms with E-state index in [1.54, 1.807) is 0 Å². The van der Waals surface area contributed by atoms with Crippen LogP contribution in [0.1, 0.15) is 61.1 Å². The average Bonchev–Trinajstić information content (AvgIpc) is 2.87.